The van der Waals surface area contributed by atoms with E-state index in [1.165, 1.54) is 30.3 Å². The predicted molar refractivity (Wildman–Crippen MR) is 105 cm³/mol. The summed E-state index contributed by atoms with van der Waals surface area (Å²) in [6.45, 7) is 1.71. The van der Waals surface area contributed by atoms with Crippen molar-refractivity contribution in [3.8, 4) is 5.88 Å². The van der Waals surface area contributed by atoms with Gasteiger partial charge in [-0.15, -0.1) is 10.2 Å². The summed E-state index contributed by atoms with van der Waals surface area (Å²) in [5, 5.41) is 14.9. The van der Waals surface area contributed by atoms with E-state index in [0.29, 0.717) is 11.6 Å². The lowest BCUT2D eigenvalue weighted by Crippen LogP contribution is -2.50. The molecule has 0 radical (unpaired) electrons. The van der Waals surface area contributed by atoms with Gasteiger partial charge in [0.25, 0.3) is 5.91 Å². The van der Waals surface area contributed by atoms with Gasteiger partial charge in [0.2, 0.25) is 5.88 Å². The number of fused-ring (bicyclic) bond motifs is 1. The molecule has 0 saturated heterocycles. The van der Waals surface area contributed by atoms with Crippen LogP contribution < -0.4 is 20.8 Å². The van der Waals surface area contributed by atoms with Crippen molar-refractivity contribution >= 4 is 11.7 Å². The molecule has 3 N–H and O–H groups in total. The number of nitrogens with one attached hydrogen (secondary N) is 3. The smallest absolute Gasteiger partial charge is 0.416 e. The van der Waals surface area contributed by atoms with Crippen LogP contribution in [-0.2, 0) is 11.0 Å². The van der Waals surface area contributed by atoms with Gasteiger partial charge in [0.05, 0.1) is 18.7 Å². The Hall–Kier alpha value is -3.60. The number of allylic oxidation sites excluding steroid dienone is 1. The highest BCUT2D eigenvalue weighted by molar-refractivity contribution is 6.03. The van der Waals surface area contributed by atoms with Crippen LogP contribution in [0.5, 0.6) is 5.88 Å². The molecule has 2 aliphatic rings. The number of carbonyl (C=O) groups is 1. The molecule has 2 aromatic rings. The van der Waals surface area contributed by atoms with Gasteiger partial charge in [-0.3, -0.25) is 9.80 Å². The molecular weight excluding hydrogens is 413 g/mol. The monoisotopic (exact) mass is 432 g/mol. The fraction of sp³-hybridized carbons (Fsp3) is 0.250. The molecule has 1 aromatic heterocycles. The quantitative estimate of drug-likeness (QED) is 0.640. The first-order valence-electron chi connectivity index (χ1n) is 9.34. The molecule has 0 spiro atoms. The van der Waals surface area contributed by atoms with Crippen LogP contribution in [0.25, 0.3) is 0 Å². The Morgan fingerprint density at radius 2 is 1.94 bits per heavy atom. The number of carbonyl (C=O) groups excluding carboxylic acids is 1. The van der Waals surface area contributed by atoms with Crippen molar-refractivity contribution in [2.45, 2.75) is 25.3 Å². The Labute approximate surface area is 175 Å². The summed E-state index contributed by atoms with van der Waals surface area (Å²) in [5.41, 5.74) is 3.15. The number of amides is 1. The number of halogens is 3. The number of aromatic nitrogens is 2. The zero-order chi connectivity index (χ0) is 22.2. The minimum atomic E-state index is -4.49. The number of benzene rings is 1. The summed E-state index contributed by atoms with van der Waals surface area (Å²) in [5.74, 6) is 0.0173. The highest BCUT2D eigenvalue weighted by Gasteiger charge is 2.39. The first kappa shape index (κ1) is 20.7. The molecule has 0 aliphatic carbocycles. The molecule has 2 atom stereocenters. The highest BCUT2D eigenvalue weighted by Crippen LogP contribution is 2.36. The zero-order valence-corrected chi connectivity index (χ0v) is 16.6. The zero-order valence-electron chi connectivity index (χ0n) is 16.6. The average Bonchev–Trinajstić information content (AvgIpc) is 3.08. The predicted octanol–water partition coefficient (Wildman–Crippen LogP) is 2.72. The third kappa shape index (κ3) is 4.04. The molecule has 2 aliphatic heterocycles. The molecule has 1 aromatic carbocycles. The SMILES string of the molecule is COc1ccc(NC(=O)C2=C(C)NC3C=CC(c4ccccc4C(F)(F)F)NN23)nn1. The molecule has 8 nitrogen and oxygen atoms in total. The molecule has 31 heavy (non-hydrogen) atoms. The van der Waals surface area contributed by atoms with Crippen LogP contribution in [0.2, 0.25) is 0 Å². The maximum atomic E-state index is 13.5. The number of hydrazine groups is 1. The van der Waals surface area contributed by atoms with E-state index in [9.17, 15) is 18.0 Å². The van der Waals surface area contributed by atoms with Gasteiger partial charge in [-0.05, 0) is 30.7 Å². The molecule has 2 unspecified atom stereocenters. The van der Waals surface area contributed by atoms with Crippen molar-refractivity contribution in [1.82, 2.24) is 25.9 Å². The van der Waals surface area contributed by atoms with Crippen molar-refractivity contribution in [2.75, 3.05) is 12.4 Å². The van der Waals surface area contributed by atoms with Crippen LogP contribution in [0.1, 0.15) is 24.1 Å². The summed E-state index contributed by atoms with van der Waals surface area (Å²) in [6.07, 6.45) is -1.56. The number of nitrogens with zero attached hydrogens (tertiary/aromatic N) is 3. The van der Waals surface area contributed by atoms with E-state index in [-0.39, 0.29) is 17.1 Å². The van der Waals surface area contributed by atoms with Crippen molar-refractivity contribution in [3.63, 3.8) is 0 Å². The highest BCUT2D eigenvalue weighted by atomic mass is 19.4. The van der Waals surface area contributed by atoms with E-state index in [1.54, 1.807) is 31.2 Å². The van der Waals surface area contributed by atoms with Crippen molar-refractivity contribution in [2.24, 2.45) is 0 Å². The maximum Gasteiger partial charge on any atom is 0.416 e. The number of rotatable bonds is 4. The molecule has 0 fully saturated rings. The fourth-order valence-electron chi connectivity index (χ4n) is 3.51. The van der Waals surface area contributed by atoms with Gasteiger partial charge in [-0.25, -0.2) is 5.43 Å². The van der Waals surface area contributed by atoms with Gasteiger partial charge in [-0.2, -0.15) is 13.2 Å². The standard InChI is InChI=1S/C20H19F3N6O2/c1-11-18(19(30)25-15-8-10-17(31-2)27-26-15)29-16(24-11)9-7-14(28-29)12-5-3-4-6-13(12)20(21,22)23/h3-10,14,16,24,28H,1-2H3,(H,25,26,30). The summed E-state index contributed by atoms with van der Waals surface area (Å²) >= 11 is 0. The molecule has 3 heterocycles. The second kappa shape index (κ2) is 7.91. The molecule has 11 heteroatoms. The van der Waals surface area contributed by atoms with Gasteiger partial charge >= 0.3 is 6.18 Å². The Balaban J connectivity index is 1.57. The molecule has 0 bridgehead atoms. The number of hydrogen-bond acceptors (Lipinski definition) is 7. The van der Waals surface area contributed by atoms with E-state index >= 15 is 0 Å². The van der Waals surface area contributed by atoms with E-state index in [2.05, 4.69) is 26.3 Å². The van der Waals surface area contributed by atoms with Gasteiger partial charge in [-0.1, -0.05) is 24.3 Å². The number of anilines is 1. The maximum absolute atomic E-state index is 13.5. The van der Waals surface area contributed by atoms with Crippen LogP contribution in [0.15, 0.2) is 59.9 Å². The Bertz CT molecular complexity index is 1050. The molecule has 4 rings (SSSR count). The molecular formula is C20H19F3N6O2. The van der Waals surface area contributed by atoms with Gasteiger partial charge in [0.15, 0.2) is 5.82 Å². The van der Waals surface area contributed by atoms with Crippen molar-refractivity contribution in [3.05, 3.63) is 71.1 Å². The second-order valence-corrected chi connectivity index (χ2v) is 6.92. The van der Waals surface area contributed by atoms with Crippen LogP contribution in [0, 0.1) is 0 Å². The minimum absolute atomic E-state index is 0.0648. The summed E-state index contributed by atoms with van der Waals surface area (Å²) in [7, 11) is 1.45. The number of alkyl halides is 3. The van der Waals surface area contributed by atoms with E-state index in [1.807, 2.05) is 0 Å². The first-order valence-corrected chi connectivity index (χ1v) is 9.34. The Kier molecular flexibility index (Phi) is 5.27. The van der Waals surface area contributed by atoms with Gasteiger partial charge in [0, 0.05) is 11.8 Å². The van der Waals surface area contributed by atoms with Crippen LogP contribution in [0.4, 0.5) is 19.0 Å². The third-order valence-electron chi connectivity index (χ3n) is 4.91. The molecule has 162 valence electrons. The average molecular weight is 432 g/mol. The summed E-state index contributed by atoms with van der Waals surface area (Å²) < 4.78 is 45.3. The summed E-state index contributed by atoms with van der Waals surface area (Å²) in [4.78, 5) is 12.9. The van der Waals surface area contributed by atoms with Crippen LogP contribution >= 0.6 is 0 Å². The van der Waals surface area contributed by atoms with Crippen LogP contribution in [0.3, 0.4) is 0 Å². The second-order valence-electron chi connectivity index (χ2n) is 6.92. The van der Waals surface area contributed by atoms with Crippen LogP contribution in [-0.4, -0.2) is 34.4 Å². The lowest BCUT2D eigenvalue weighted by molar-refractivity contribution is -0.138. The van der Waals surface area contributed by atoms with E-state index < -0.39 is 29.9 Å². The Morgan fingerprint density at radius 3 is 2.61 bits per heavy atom. The van der Waals surface area contributed by atoms with Gasteiger partial charge < -0.3 is 15.4 Å². The van der Waals surface area contributed by atoms with E-state index in [4.69, 9.17) is 4.74 Å². The van der Waals surface area contributed by atoms with Crippen molar-refractivity contribution in [1.29, 1.82) is 0 Å². The first-order chi connectivity index (χ1) is 14.8. The number of ether oxygens (including phenoxy) is 1. The topological polar surface area (TPSA) is 91.4 Å². The molecule has 0 saturated carbocycles. The third-order valence-corrected chi connectivity index (χ3v) is 4.91. The number of methoxy groups -OCH3 is 1. The largest absolute Gasteiger partial charge is 0.480 e. The summed E-state index contributed by atoms with van der Waals surface area (Å²) in [6, 6.07) is 7.65. The van der Waals surface area contributed by atoms with Gasteiger partial charge in [0.1, 0.15) is 11.9 Å². The van der Waals surface area contributed by atoms with E-state index in [0.717, 1.165) is 6.07 Å². The molecule has 1 amide bonds. The Morgan fingerprint density at radius 1 is 1.16 bits per heavy atom. The minimum Gasteiger partial charge on any atom is -0.480 e. The fourth-order valence-corrected chi connectivity index (χ4v) is 3.51. The lowest BCUT2D eigenvalue weighted by atomic mass is 9.99. The van der Waals surface area contributed by atoms with Crippen molar-refractivity contribution < 1.29 is 22.7 Å². The number of hydrogen-bond donors (Lipinski definition) is 3. The normalized spacial score (nSPS) is 20.4. The lowest BCUT2D eigenvalue weighted by Gasteiger charge is -2.35.